The maximum absolute atomic E-state index is 5.57. The van der Waals surface area contributed by atoms with Crippen molar-refractivity contribution >= 4 is 22.6 Å². The van der Waals surface area contributed by atoms with E-state index in [2.05, 4.69) is 32.6 Å². The van der Waals surface area contributed by atoms with Gasteiger partial charge in [-0.2, -0.15) is 0 Å². The van der Waals surface area contributed by atoms with Crippen LogP contribution in [-0.2, 0) is 0 Å². The highest BCUT2D eigenvalue weighted by Gasteiger charge is 2.02. The fourth-order valence-corrected chi connectivity index (χ4v) is 1.71. The molecule has 0 bridgehead atoms. The van der Waals surface area contributed by atoms with Gasteiger partial charge in [0.1, 0.15) is 5.75 Å². The molecule has 1 aromatic heterocycles. The summed E-state index contributed by atoms with van der Waals surface area (Å²) in [6.45, 7) is 3.85. The van der Waals surface area contributed by atoms with Crippen molar-refractivity contribution in [2.24, 2.45) is 0 Å². The Labute approximate surface area is 108 Å². The molecule has 2 rings (SSSR count). The quantitative estimate of drug-likeness (QED) is 0.793. The first-order valence-corrected chi connectivity index (χ1v) is 5.97. The minimum absolute atomic E-state index is 0.402. The van der Waals surface area contributed by atoms with Gasteiger partial charge >= 0.3 is 6.01 Å². The number of aromatic nitrogens is 2. The van der Waals surface area contributed by atoms with Gasteiger partial charge in [-0.25, -0.2) is 9.97 Å². The van der Waals surface area contributed by atoms with Crippen molar-refractivity contribution in [2.45, 2.75) is 13.8 Å². The van der Waals surface area contributed by atoms with Crippen LogP contribution in [0.3, 0.4) is 0 Å². The Morgan fingerprint density at radius 2 is 1.56 bits per heavy atom. The fourth-order valence-electron chi connectivity index (χ4n) is 1.35. The third-order valence-corrected chi connectivity index (χ3v) is 2.70. The van der Waals surface area contributed by atoms with E-state index in [4.69, 9.17) is 4.74 Å². The van der Waals surface area contributed by atoms with E-state index in [0.29, 0.717) is 6.01 Å². The summed E-state index contributed by atoms with van der Waals surface area (Å²) >= 11 is 2.25. The molecule has 2 aromatic rings. The summed E-state index contributed by atoms with van der Waals surface area (Å²) in [5, 5.41) is 0. The molecule has 0 amide bonds. The molecule has 0 aliphatic rings. The SMILES string of the molecule is Cc1cc(C)nc(Oc2ccc(I)cc2)n1. The van der Waals surface area contributed by atoms with Crippen LogP contribution >= 0.6 is 22.6 Å². The van der Waals surface area contributed by atoms with Crippen LogP contribution in [0.25, 0.3) is 0 Å². The van der Waals surface area contributed by atoms with E-state index < -0.39 is 0 Å². The van der Waals surface area contributed by atoms with E-state index in [1.807, 2.05) is 44.2 Å². The lowest BCUT2D eigenvalue weighted by Crippen LogP contribution is -1.95. The summed E-state index contributed by atoms with van der Waals surface area (Å²) in [4.78, 5) is 8.43. The number of nitrogens with zero attached hydrogens (tertiary/aromatic N) is 2. The standard InChI is InChI=1S/C12H11IN2O/c1-8-7-9(2)15-12(14-8)16-11-5-3-10(13)4-6-11/h3-7H,1-2H3. The molecule has 0 aliphatic carbocycles. The van der Waals surface area contributed by atoms with Crippen LogP contribution in [0, 0.1) is 17.4 Å². The van der Waals surface area contributed by atoms with E-state index in [-0.39, 0.29) is 0 Å². The first kappa shape index (κ1) is 11.3. The molecule has 0 spiro atoms. The first-order valence-electron chi connectivity index (χ1n) is 4.89. The Hall–Kier alpha value is -1.17. The van der Waals surface area contributed by atoms with E-state index >= 15 is 0 Å². The zero-order valence-corrected chi connectivity index (χ0v) is 11.2. The molecule has 0 aliphatic heterocycles. The van der Waals surface area contributed by atoms with E-state index in [1.54, 1.807) is 0 Å². The van der Waals surface area contributed by atoms with Gasteiger partial charge in [-0.3, -0.25) is 0 Å². The van der Waals surface area contributed by atoms with Crippen molar-refractivity contribution in [2.75, 3.05) is 0 Å². The van der Waals surface area contributed by atoms with Crippen molar-refractivity contribution in [1.82, 2.24) is 9.97 Å². The number of rotatable bonds is 2. The van der Waals surface area contributed by atoms with Gasteiger partial charge in [0.25, 0.3) is 0 Å². The van der Waals surface area contributed by atoms with Gasteiger partial charge in [0.05, 0.1) is 0 Å². The van der Waals surface area contributed by atoms with Gasteiger partial charge in [0.15, 0.2) is 0 Å². The Morgan fingerprint density at radius 3 is 2.12 bits per heavy atom. The molecule has 0 atom stereocenters. The number of hydrogen-bond acceptors (Lipinski definition) is 3. The van der Waals surface area contributed by atoms with Crippen LogP contribution in [0.2, 0.25) is 0 Å². The summed E-state index contributed by atoms with van der Waals surface area (Å²) < 4.78 is 6.74. The number of benzene rings is 1. The molecule has 1 heterocycles. The van der Waals surface area contributed by atoms with Gasteiger partial charge in [-0.05, 0) is 66.8 Å². The zero-order valence-electron chi connectivity index (χ0n) is 9.07. The summed E-state index contributed by atoms with van der Waals surface area (Å²) in [5.74, 6) is 0.755. The summed E-state index contributed by atoms with van der Waals surface area (Å²) in [7, 11) is 0. The molecule has 4 heteroatoms. The highest BCUT2D eigenvalue weighted by Crippen LogP contribution is 2.19. The Balaban J connectivity index is 2.23. The number of halogens is 1. The normalized spacial score (nSPS) is 10.2. The van der Waals surface area contributed by atoms with Gasteiger partial charge in [-0.1, -0.05) is 0 Å². The lowest BCUT2D eigenvalue weighted by Gasteiger charge is -2.05. The smallest absolute Gasteiger partial charge is 0.322 e. The largest absolute Gasteiger partial charge is 0.424 e. The minimum Gasteiger partial charge on any atom is -0.424 e. The zero-order chi connectivity index (χ0) is 11.5. The Morgan fingerprint density at radius 1 is 1.00 bits per heavy atom. The molecule has 82 valence electrons. The third-order valence-electron chi connectivity index (χ3n) is 1.98. The molecule has 0 saturated carbocycles. The fraction of sp³-hybridized carbons (Fsp3) is 0.167. The predicted molar refractivity (Wildman–Crippen MR) is 70.7 cm³/mol. The summed E-state index contributed by atoms with van der Waals surface area (Å²) in [6.07, 6.45) is 0. The molecule has 1 aromatic carbocycles. The monoisotopic (exact) mass is 326 g/mol. The number of ether oxygens (including phenoxy) is 1. The van der Waals surface area contributed by atoms with Crippen molar-refractivity contribution < 1.29 is 4.74 Å². The van der Waals surface area contributed by atoms with Crippen molar-refractivity contribution in [3.8, 4) is 11.8 Å². The second-order valence-electron chi connectivity index (χ2n) is 3.49. The third kappa shape index (κ3) is 2.91. The van der Waals surface area contributed by atoms with E-state index in [0.717, 1.165) is 17.1 Å². The van der Waals surface area contributed by atoms with Crippen LogP contribution < -0.4 is 4.74 Å². The summed E-state index contributed by atoms with van der Waals surface area (Å²) in [6, 6.07) is 10.1. The predicted octanol–water partition coefficient (Wildman–Crippen LogP) is 3.49. The van der Waals surface area contributed by atoms with Gasteiger partial charge in [0, 0.05) is 15.0 Å². The molecule has 0 saturated heterocycles. The van der Waals surface area contributed by atoms with Crippen LogP contribution in [-0.4, -0.2) is 9.97 Å². The average Bonchev–Trinajstić information content (AvgIpc) is 2.20. The number of aryl methyl sites for hydroxylation is 2. The van der Waals surface area contributed by atoms with Crippen molar-refractivity contribution in [3.05, 3.63) is 45.3 Å². The maximum atomic E-state index is 5.57. The number of hydrogen-bond donors (Lipinski definition) is 0. The van der Waals surface area contributed by atoms with E-state index in [9.17, 15) is 0 Å². The molecule has 0 unspecified atom stereocenters. The average molecular weight is 326 g/mol. The maximum Gasteiger partial charge on any atom is 0.322 e. The molecule has 3 nitrogen and oxygen atoms in total. The highest BCUT2D eigenvalue weighted by atomic mass is 127. The van der Waals surface area contributed by atoms with Gasteiger partial charge in [0.2, 0.25) is 0 Å². The lowest BCUT2D eigenvalue weighted by molar-refractivity contribution is 0.439. The Kier molecular flexibility index (Phi) is 3.38. The minimum atomic E-state index is 0.402. The molecular weight excluding hydrogens is 315 g/mol. The van der Waals surface area contributed by atoms with E-state index in [1.165, 1.54) is 3.57 Å². The molecule has 16 heavy (non-hydrogen) atoms. The topological polar surface area (TPSA) is 35.0 Å². The lowest BCUT2D eigenvalue weighted by atomic mass is 10.3. The second kappa shape index (κ2) is 4.78. The van der Waals surface area contributed by atoms with Crippen molar-refractivity contribution in [3.63, 3.8) is 0 Å². The molecule has 0 radical (unpaired) electrons. The van der Waals surface area contributed by atoms with Crippen molar-refractivity contribution in [1.29, 1.82) is 0 Å². The Bertz CT molecular complexity index is 477. The van der Waals surface area contributed by atoms with Gasteiger partial charge < -0.3 is 4.74 Å². The van der Waals surface area contributed by atoms with Crippen LogP contribution in [0.15, 0.2) is 30.3 Å². The summed E-state index contributed by atoms with van der Waals surface area (Å²) in [5.41, 5.74) is 1.82. The van der Waals surface area contributed by atoms with Gasteiger partial charge in [-0.15, -0.1) is 0 Å². The van der Waals surface area contributed by atoms with Crippen LogP contribution in [0.1, 0.15) is 11.4 Å². The second-order valence-corrected chi connectivity index (χ2v) is 4.73. The van der Waals surface area contributed by atoms with Crippen LogP contribution in [0.4, 0.5) is 0 Å². The molecule has 0 fully saturated rings. The van der Waals surface area contributed by atoms with Crippen LogP contribution in [0.5, 0.6) is 11.8 Å². The first-order chi connectivity index (χ1) is 7.63. The molecule has 0 N–H and O–H groups in total. The molecular formula is C12H11IN2O. The highest BCUT2D eigenvalue weighted by molar-refractivity contribution is 14.1.